The van der Waals surface area contributed by atoms with Gasteiger partial charge in [-0.1, -0.05) is 19.8 Å². The van der Waals surface area contributed by atoms with Crippen LogP contribution in [0.15, 0.2) is 18.3 Å². The molecule has 0 atom stereocenters. The molecule has 1 aromatic heterocycles. The van der Waals surface area contributed by atoms with Gasteiger partial charge in [-0.3, -0.25) is 9.59 Å². The fourth-order valence-electron chi connectivity index (χ4n) is 2.96. The number of pyridine rings is 1. The Balaban J connectivity index is 1.45. The zero-order chi connectivity index (χ0) is 17.6. The number of hydrogen-bond donors (Lipinski definition) is 1. The number of aryl methyl sites for hydroxylation is 1. The number of likely N-dealkylation sites (tertiary alicyclic amines) is 1. The van der Waals surface area contributed by atoms with Crippen molar-refractivity contribution in [3.63, 3.8) is 0 Å². The van der Waals surface area contributed by atoms with Gasteiger partial charge in [-0.2, -0.15) is 0 Å². The van der Waals surface area contributed by atoms with Gasteiger partial charge in [0.15, 0.2) is 0 Å². The van der Waals surface area contributed by atoms with Gasteiger partial charge in [-0.25, -0.2) is 4.98 Å². The molecule has 2 aliphatic rings. The summed E-state index contributed by atoms with van der Waals surface area (Å²) in [5.74, 6) is 0.632. The maximum atomic E-state index is 12.2. The third kappa shape index (κ3) is 4.66. The average Bonchev–Trinajstić information content (AvgIpc) is 2.58. The Labute approximate surface area is 148 Å². The van der Waals surface area contributed by atoms with Crippen molar-refractivity contribution in [1.29, 1.82) is 0 Å². The predicted molar refractivity (Wildman–Crippen MR) is 96.1 cm³/mol. The summed E-state index contributed by atoms with van der Waals surface area (Å²) in [6, 6.07) is 1.97. The third-order valence-corrected chi connectivity index (χ3v) is 4.55. The highest BCUT2D eigenvalue weighted by atomic mass is 16.5. The van der Waals surface area contributed by atoms with Crippen LogP contribution in [0, 0.1) is 0 Å². The Morgan fingerprint density at radius 2 is 2.24 bits per heavy atom. The Morgan fingerprint density at radius 1 is 1.40 bits per heavy atom. The summed E-state index contributed by atoms with van der Waals surface area (Å²) in [5.41, 5.74) is 1.88. The third-order valence-electron chi connectivity index (χ3n) is 4.55. The van der Waals surface area contributed by atoms with Crippen molar-refractivity contribution in [3.05, 3.63) is 29.5 Å². The van der Waals surface area contributed by atoms with E-state index in [1.54, 1.807) is 23.2 Å². The monoisotopic (exact) mass is 343 g/mol. The van der Waals surface area contributed by atoms with Crippen LogP contribution in [0.2, 0.25) is 0 Å². The quantitative estimate of drug-likeness (QED) is 0.609. The Morgan fingerprint density at radius 3 is 3.04 bits per heavy atom. The number of amides is 2. The molecule has 2 amide bonds. The topological polar surface area (TPSA) is 71.5 Å². The molecule has 6 heteroatoms. The van der Waals surface area contributed by atoms with E-state index in [-0.39, 0.29) is 17.9 Å². The first-order chi connectivity index (χ1) is 12.2. The van der Waals surface area contributed by atoms with E-state index < -0.39 is 0 Å². The molecule has 0 aliphatic carbocycles. The molecule has 0 aromatic carbocycles. The number of hydrogen-bond acceptors (Lipinski definition) is 4. The van der Waals surface area contributed by atoms with Crippen LogP contribution in [0.25, 0.3) is 6.08 Å². The van der Waals surface area contributed by atoms with Crippen LogP contribution in [0.1, 0.15) is 43.7 Å². The number of unbranched alkanes of at least 4 members (excludes halogenated alkanes) is 2. The van der Waals surface area contributed by atoms with Gasteiger partial charge in [0, 0.05) is 38.4 Å². The number of carbonyl (C=O) groups is 2. The predicted octanol–water partition coefficient (Wildman–Crippen LogP) is 2.40. The van der Waals surface area contributed by atoms with Gasteiger partial charge in [0.05, 0.1) is 6.10 Å². The zero-order valence-electron chi connectivity index (χ0n) is 14.7. The smallest absolute Gasteiger partial charge is 0.246 e. The molecule has 1 aromatic rings. The lowest BCUT2D eigenvalue weighted by molar-refractivity contribution is -0.139. The minimum atomic E-state index is -0.000526. The summed E-state index contributed by atoms with van der Waals surface area (Å²) in [6.45, 7) is 4.30. The second kappa shape index (κ2) is 8.25. The Bertz CT molecular complexity index is 666. The zero-order valence-corrected chi connectivity index (χ0v) is 14.7. The first kappa shape index (κ1) is 17.6. The number of nitrogens with one attached hydrogen (secondary N) is 1. The van der Waals surface area contributed by atoms with Gasteiger partial charge in [-0.15, -0.1) is 0 Å². The van der Waals surface area contributed by atoms with Gasteiger partial charge in [0.2, 0.25) is 11.8 Å². The van der Waals surface area contributed by atoms with Gasteiger partial charge >= 0.3 is 0 Å². The molecular weight excluding hydrogens is 318 g/mol. The van der Waals surface area contributed by atoms with Crippen molar-refractivity contribution in [2.45, 2.75) is 45.1 Å². The number of anilines is 1. The molecule has 1 saturated heterocycles. The van der Waals surface area contributed by atoms with E-state index in [0.29, 0.717) is 31.7 Å². The Hall–Kier alpha value is -2.21. The standard InChI is InChI=1S/C19H25N3O3/c1-2-3-4-9-25-16-12-22(13-16)18(24)8-5-14-10-15-6-7-17(23)21-19(15)20-11-14/h5,8,10-11,16H,2-4,6-7,9,12-13H2,1H3,(H,20,21,23)/b8-5+. The average molecular weight is 343 g/mol. The largest absolute Gasteiger partial charge is 0.375 e. The van der Waals surface area contributed by atoms with Crippen LogP contribution in [0.3, 0.4) is 0 Å². The molecule has 6 nitrogen and oxygen atoms in total. The fourth-order valence-corrected chi connectivity index (χ4v) is 2.96. The van der Waals surface area contributed by atoms with Crippen LogP contribution in [0.4, 0.5) is 5.82 Å². The first-order valence-corrected chi connectivity index (χ1v) is 9.03. The second-order valence-corrected chi connectivity index (χ2v) is 6.60. The van der Waals surface area contributed by atoms with Crippen LogP contribution in [-0.2, 0) is 20.7 Å². The maximum Gasteiger partial charge on any atom is 0.246 e. The van der Waals surface area contributed by atoms with E-state index >= 15 is 0 Å². The van der Waals surface area contributed by atoms with E-state index in [4.69, 9.17) is 4.74 Å². The normalized spacial score (nSPS) is 17.3. The van der Waals surface area contributed by atoms with Gasteiger partial charge in [-0.05, 0) is 36.1 Å². The Kier molecular flexibility index (Phi) is 5.81. The first-order valence-electron chi connectivity index (χ1n) is 9.03. The van der Waals surface area contributed by atoms with Crippen molar-refractivity contribution in [2.24, 2.45) is 0 Å². The van der Waals surface area contributed by atoms with E-state index in [1.807, 2.05) is 6.07 Å². The molecule has 1 fully saturated rings. The van der Waals surface area contributed by atoms with Crippen molar-refractivity contribution in [2.75, 3.05) is 25.0 Å². The van der Waals surface area contributed by atoms with Crippen LogP contribution >= 0.6 is 0 Å². The summed E-state index contributed by atoms with van der Waals surface area (Å²) in [7, 11) is 0. The van der Waals surface area contributed by atoms with Crippen molar-refractivity contribution >= 4 is 23.7 Å². The molecule has 134 valence electrons. The lowest BCUT2D eigenvalue weighted by atomic mass is 10.0. The number of rotatable bonds is 7. The SMILES string of the molecule is CCCCCOC1CN(C(=O)/C=C/c2cnc3c(c2)CCC(=O)N3)C1. The van der Waals surface area contributed by atoms with Crippen molar-refractivity contribution in [1.82, 2.24) is 9.88 Å². The van der Waals surface area contributed by atoms with Crippen molar-refractivity contribution in [3.8, 4) is 0 Å². The summed E-state index contributed by atoms with van der Waals surface area (Å²) < 4.78 is 5.73. The molecule has 3 rings (SSSR count). The molecule has 0 spiro atoms. The molecule has 0 bridgehead atoms. The summed E-state index contributed by atoms with van der Waals surface area (Å²) in [4.78, 5) is 29.5. The fraction of sp³-hybridized carbons (Fsp3) is 0.526. The van der Waals surface area contributed by atoms with E-state index in [0.717, 1.165) is 24.2 Å². The highest BCUT2D eigenvalue weighted by Gasteiger charge is 2.29. The molecule has 25 heavy (non-hydrogen) atoms. The van der Waals surface area contributed by atoms with Gasteiger partial charge < -0.3 is 15.0 Å². The highest BCUT2D eigenvalue weighted by molar-refractivity contribution is 5.94. The second-order valence-electron chi connectivity index (χ2n) is 6.60. The number of ether oxygens (including phenoxy) is 1. The molecule has 2 aliphatic heterocycles. The lowest BCUT2D eigenvalue weighted by Crippen LogP contribution is -2.54. The van der Waals surface area contributed by atoms with E-state index in [1.165, 1.54) is 12.8 Å². The van der Waals surface area contributed by atoms with E-state index in [9.17, 15) is 9.59 Å². The molecule has 0 saturated carbocycles. The number of carbonyl (C=O) groups excluding carboxylic acids is 2. The highest BCUT2D eigenvalue weighted by Crippen LogP contribution is 2.21. The van der Waals surface area contributed by atoms with Crippen LogP contribution in [-0.4, -0.2) is 47.5 Å². The van der Waals surface area contributed by atoms with Crippen LogP contribution < -0.4 is 5.32 Å². The maximum absolute atomic E-state index is 12.2. The molecule has 3 heterocycles. The molecule has 0 radical (unpaired) electrons. The van der Waals surface area contributed by atoms with Gasteiger partial charge in [0.25, 0.3) is 0 Å². The number of fused-ring (bicyclic) bond motifs is 1. The molecular formula is C19H25N3O3. The lowest BCUT2D eigenvalue weighted by Gasteiger charge is -2.38. The van der Waals surface area contributed by atoms with Gasteiger partial charge in [0.1, 0.15) is 5.82 Å². The number of aromatic nitrogens is 1. The minimum absolute atomic E-state index is 0.000526. The van der Waals surface area contributed by atoms with Crippen molar-refractivity contribution < 1.29 is 14.3 Å². The minimum Gasteiger partial charge on any atom is -0.375 e. The molecule has 1 N–H and O–H groups in total. The number of nitrogens with zero attached hydrogens (tertiary/aromatic N) is 2. The molecule has 0 unspecified atom stereocenters. The van der Waals surface area contributed by atoms with Crippen LogP contribution in [0.5, 0.6) is 0 Å². The summed E-state index contributed by atoms with van der Waals surface area (Å²) in [5, 5.41) is 2.75. The summed E-state index contributed by atoms with van der Waals surface area (Å²) in [6.07, 6.45) is 9.85. The van der Waals surface area contributed by atoms with E-state index in [2.05, 4.69) is 17.2 Å². The summed E-state index contributed by atoms with van der Waals surface area (Å²) >= 11 is 0.